The largest absolute Gasteiger partial charge is 0.497 e. The summed E-state index contributed by atoms with van der Waals surface area (Å²) in [5.41, 5.74) is 2.76. The molecule has 25 heavy (non-hydrogen) atoms. The smallest absolute Gasteiger partial charge is 0.231 e. The molecular weight excluding hydrogens is 312 g/mol. The van der Waals surface area contributed by atoms with Gasteiger partial charge in [-0.15, -0.1) is 0 Å². The molecule has 1 amide bonds. The molecule has 5 aliphatic heterocycles. The quantitative estimate of drug-likeness (QED) is 0.730. The van der Waals surface area contributed by atoms with Crippen LogP contribution < -0.4 is 4.90 Å². The topological polar surface area (TPSA) is 32.8 Å². The highest BCUT2D eigenvalue weighted by atomic mass is 16.5. The summed E-state index contributed by atoms with van der Waals surface area (Å²) in [6.07, 6.45) is 7.27. The van der Waals surface area contributed by atoms with E-state index in [9.17, 15) is 4.79 Å². The predicted molar refractivity (Wildman–Crippen MR) is 93.1 cm³/mol. The fourth-order valence-corrected chi connectivity index (χ4v) is 7.63. The number of anilines is 1. The van der Waals surface area contributed by atoms with Gasteiger partial charge in [0, 0.05) is 29.6 Å². The van der Waals surface area contributed by atoms with E-state index < -0.39 is 0 Å². The summed E-state index contributed by atoms with van der Waals surface area (Å²) in [7, 11) is 0. The summed E-state index contributed by atoms with van der Waals surface area (Å²) >= 11 is 0. The van der Waals surface area contributed by atoms with Crippen LogP contribution in [0.5, 0.6) is 0 Å². The Labute approximate surface area is 147 Å². The first-order chi connectivity index (χ1) is 12.3. The molecule has 1 unspecified atom stereocenters. The Morgan fingerprint density at radius 1 is 1.24 bits per heavy atom. The van der Waals surface area contributed by atoms with E-state index in [1.807, 2.05) is 6.26 Å². The second-order valence-electron chi connectivity index (χ2n) is 8.87. The molecule has 3 saturated heterocycles. The number of carbonyl (C=O) groups is 1. The van der Waals surface area contributed by atoms with E-state index in [1.165, 1.54) is 37.2 Å². The van der Waals surface area contributed by atoms with E-state index in [2.05, 4.69) is 40.1 Å². The van der Waals surface area contributed by atoms with Gasteiger partial charge in [0.2, 0.25) is 5.91 Å². The predicted octanol–water partition coefficient (Wildman–Crippen LogP) is 2.30. The first-order valence-corrected chi connectivity index (χ1v) is 9.77. The first kappa shape index (κ1) is 13.4. The molecular formula is C21H22N2O2. The van der Waals surface area contributed by atoms with Gasteiger partial charge >= 0.3 is 0 Å². The number of amides is 1. The van der Waals surface area contributed by atoms with Crippen molar-refractivity contribution in [3.05, 3.63) is 42.2 Å². The Bertz CT molecular complexity index is 835. The summed E-state index contributed by atoms with van der Waals surface area (Å²) in [5.74, 6) is 1.98. The molecule has 0 radical (unpaired) electrons. The minimum Gasteiger partial charge on any atom is -0.497 e. The molecule has 1 aliphatic carbocycles. The van der Waals surface area contributed by atoms with Gasteiger partial charge in [-0.05, 0) is 48.9 Å². The van der Waals surface area contributed by atoms with Gasteiger partial charge in [0.15, 0.2) is 0 Å². The van der Waals surface area contributed by atoms with Gasteiger partial charge in [-0.25, -0.2) is 0 Å². The van der Waals surface area contributed by atoms with Crippen LogP contribution in [-0.2, 0) is 14.9 Å². The molecule has 4 nitrogen and oxygen atoms in total. The number of piperidine rings is 2. The Morgan fingerprint density at radius 2 is 2.16 bits per heavy atom. The standard InChI is InChI=1S/C21H22N2O2/c24-18-10-16-19-13-9-17-21(6-7-22(17)11-12(13)5-8-25-16)14-3-1-2-4-15(14)23(18)20(19)21/h1-5,8,12-13,16-17,19-20H,6-7,9-11H2/t12?,13-,16-,17-,19-,20-,21+/m0/s1. The third kappa shape index (κ3) is 1.31. The Morgan fingerprint density at radius 3 is 3.12 bits per heavy atom. The third-order valence-electron chi connectivity index (χ3n) is 8.32. The number of ether oxygens (including phenoxy) is 1. The SMILES string of the molecule is O=C1C[C@@H]2OC=CC3CN4CC[C@]56c7ccccc7N1[C@H]5[C@H]2[C@H]3C[C@H]46. The van der Waals surface area contributed by atoms with Crippen LogP contribution in [0, 0.1) is 17.8 Å². The van der Waals surface area contributed by atoms with Crippen LogP contribution >= 0.6 is 0 Å². The van der Waals surface area contributed by atoms with Crippen molar-refractivity contribution in [1.82, 2.24) is 4.90 Å². The zero-order chi connectivity index (χ0) is 16.3. The van der Waals surface area contributed by atoms with Crippen molar-refractivity contribution < 1.29 is 9.53 Å². The highest BCUT2D eigenvalue weighted by Crippen LogP contribution is 2.65. The zero-order valence-corrected chi connectivity index (χ0v) is 14.2. The Kier molecular flexibility index (Phi) is 2.21. The number of fused-ring (bicyclic) bond motifs is 2. The maximum absolute atomic E-state index is 13.2. The van der Waals surface area contributed by atoms with Gasteiger partial charge in [-0.3, -0.25) is 9.69 Å². The highest BCUT2D eigenvalue weighted by Gasteiger charge is 2.71. The lowest BCUT2D eigenvalue weighted by Crippen LogP contribution is -2.70. The summed E-state index contributed by atoms with van der Waals surface area (Å²) < 4.78 is 6.15. The highest BCUT2D eigenvalue weighted by molar-refractivity contribution is 5.99. The van der Waals surface area contributed by atoms with E-state index in [-0.39, 0.29) is 17.4 Å². The van der Waals surface area contributed by atoms with Crippen LogP contribution in [-0.4, -0.2) is 42.1 Å². The Hall–Kier alpha value is -1.81. The minimum atomic E-state index is 0.0688. The molecule has 1 spiro atoms. The van der Waals surface area contributed by atoms with Crippen molar-refractivity contribution in [2.45, 2.75) is 42.9 Å². The van der Waals surface area contributed by atoms with Crippen molar-refractivity contribution in [2.75, 3.05) is 18.0 Å². The van der Waals surface area contributed by atoms with E-state index in [0.29, 0.717) is 36.3 Å². The summed E-state index contributed by atoms with van der Waals surface area (Å²) in [6, 6.07) is 9.65. The second-order valence-corrected chi connectivity index (χ2v) is 8.87. The number of hydrogen-bond acceptors (Lipinski definition) is 3. The average molecular weight is 334 g/mol. The van der Waals surface area contributed by atoms with Gasteiger partial charge in [0.25, 0.3) is 0 Å². The third-order valence-corrected chi connectivity index (χ3v) is 8.32. The van der Waals surface area contributed by atoms with E-state index in [4.69, 9.17) is 4.74 Å². The molecule has 0 N–H and O–H groups in total. The first-order valence-electron chi connectivity index (χ1n) is 9.77. The molecule has 6 aliphatic rings. The van der Waals surface area contributed by atoms with Crippen molar-refractivity contribution in [3.8, 4) is 0 Å². The van der Waals surface area contributed by atoms with Crippen LogP contribution in [0.15, 0.2) is 36.6 Å². The van der Waals surface area contributed by atoms with Crippen LogP contribution in [0.1, 0.15) is 24.8 Å². The molecule has 1 saturated carbocycles. The monoisotopic (exact) mass is 334 g/mol. The number of carbonyl (C=O) groups excluding carboxylic acids is 1. The van der Waals surface area contributed by atoms with Gasteiger partial charge in [0.05, 0.1) is 18.7 Å². The molecule has 5 heterocycles. The number of para-hydroxylation sites is 1. The summed E-state index contributed by atoms with van der Waals surface area (Å²) in [6.45, 7) is 2.34. The fourth-order valence-electron chi connectivity index (χ4n) is 7.63. The van der Waals surface area contributed by atoms with Crippen molar-refractivity contribution in [2.24, 2.45) is 17.8 Å². The van der Waals surface area contributed by atoms with Crippen molar-refractivity contribution in [1.29, 1.82) is 0 Å². The second kappa shape index (κ2) is 4.12. The van der Waals surface area contributed by atoms with Crippen LogP contribution in [0.3, 0.4) is 0 Å². The zero-order valence-electron chi connectivity index (χ0n) is 14.2. The lowest BCUT2D eigenvalue weighted by molar-refractivity contribution is -0.132. The molecule has 128 valence electrons. The number of nitrogens with zero attached hydrogens (tertiary/aromatic N) is 2. The van der Waals surface area contributed by atoms with E-state index >= 15 is 0 Å². The van der Waals surface area contributed by atoms with Crippen LogP contribution in [0.4, 0.5) is 5.69 Å². The molecule has 4 heteroatoms. The summed E-state index contributed by atoms with van der Waals surface area (Å²) in [4.78, 5) is 18.1. The molecule has 2 bridgehead atoms. The van der Waals surface area contributed by atoms with E-state index in [1.54, 1.807) is 0 Å². The Balaban J connectivity index is 1.54. The van der Waals surface area contributed by atoms with E-state index in [0.717, 1.165) is 0 Å². The van der Waals surface area contributed by atoms with Crippen molar-refractivity contribution >= 4 is 11.6 Å². The normalized spacial score (nSPS) is 48.2. The van der Waals surface area contributed by atoms with Gasteiger partial charge in [0.1, 0.15) is 6.10 Å². The minimum absolute atomic E-state index is 0.0688. The fraction of sp³-hybridized carbons (Fsp3) is 0.571. The maximum atomic E-state index is 13.2. The molecule has 7 atom stereocenters. The molecule has 7 rings (SSSR count). The number of rotatable bonds is 0. The lowest BCUT2D eigenvalue weighted by Gasteiger charge is -2.59. The van der Waals surface area contributed by atoms with Crippen molar-refractivity contribution in [3.63, 3.8) is 0 Å². The average Bonchev–Trinajstić information content (AvgIpc) is 3.10. The molecule has 1 aromatic rings. The maximum Gasteiger partial charge on any atom is 0.231 e. The van der Waals surface area contributed by atoms with Gasteiger partial charge in [-0.1, -0.05) is 18.2 Å². The lowest BCUT2D eigenvalue weighted by atomic mass is 9.52. The van der Waals surface area contributed by atoms with Crippen LogP contribution in [0.2, 0.25) is 0 Å². The van der Waals surface area contributed by atoms with Crippen LogP contribution in [0.25, 0.3) is 0 Å². The molecule has 4 fully saturated rings. The molecule has 1 aromatic carbocycles. The summed E-state index contributed by atoms with van der Waals surface area (Å²) in [5, 5.41) is 0. The number of hydrogen-bond donors (Lipinski definition) is 0. The van der Waals surface area contributed by atoms with Gasteiger partial charge in [-0.2, -0.15) is 0 Å². The van der Waals surface area contributed by atoms with Gasteiger partial charge < -0.3 is 9.64 Å². The number of benzene rings is 1. The molecule has 0 aromatic heterocycles.